The SMILES string of the molecule is CC1CC(O)(c2cc(OCc3ccccc3)cc([N+](=O)[O-])c2)CCO1. The van der Waals surface area contributed by atoms with Gasteiger partial charge in [0.15, 0.2) is 0 Å². The van der Waals surface area contributed by atoms with Crippen LogP contribution >= 0.6 is 0 Å². The highest BCUT2D eigenvalue weighted by atomic mass is 16.6. The van der Waals surface area contributed by atoms with E-state index in [1.807, 2.05) is 37.3 Å². The van der Waals surface area contributed by atoms with E-state index in [9.17, 15) is 15.2 Å². The first-order chi connectivity index (χ1) is 12.0. The Hall–Kier alpha value is -2.44. The third-order valence-corrected chi connectivity index (χ3v) is 4.43. The van der Waals surface area contributed by atoms with Crippen LogP contribution in [0.5, 0.6) is 5.75 Å². The van der Waals surface area contributed by atoms with Crippen LogP contribution in [0.25, 0.3) is 0 Å². The lowest BCUT2D eigenvalue weighted by Gasteiger charge is -2.36. The van der Waals surface area contributed by atoms with Crippen LogP contribution in [0.4, 0.5) is 5.69 Å². The minimum atomic E-state index is -1.14. The summed E-state index contributed by atoms with van der Waals surface area (Å²) in [5.41, 5.74) is 0.233. The molecule has 1 N–H and O–H groups in total. The largest absolute Gasteiger partial charge is 0.489 e. The van der Waals surface area contributed by atoms with Gasteiger partial charge in [-0.05, 0) is 24.1 Å². The molecule has 1 aliphatic heterocycles. The van der Waals surface area contributed by atoms with Gasteiger partial charge in [0.25, 0.3) is 5.69 Å². The summed E-state index contributed by atoms with van der Waals surface area (Å²) in [6.45, 7) is 2.61. The molecule has 2 unspecified atom stereocenters. The molecule has 0 spiro atoms. The highest BCUT2D eigenvalue weighted by Gasteiger charge is 2.36. The lowest BCUT2D eigenvalue weighted by atomic mass is 9.84. The van der Waals surface area contributed by atoms with Crippen molar-refractivity contribution in [1.29, 1.82) is 0 Å². The average Bonchev–Trinajstić information content (AvgIpc) is 2.60. The first kappa shape index (κ1) is 17.4. The number of non-ortho nitro benzene ring substituents is 1. The first-order valence-corrected chi connectivity index (χ1v) is 8.27. The Labute approximate surface area is 146 Å². The fourth-order valence-corrected chi connectivity index (χ4v) is 3.11. The van der Waals surface area contributed by atoms with Crippen LogP contribution in [0.2, 0.25) is 0 Å². The zero-order valence-electron chi connectivity index (χ0n) is 14.1. The van der Waals surface area contributed by atoms with Crippen LogP contribution in [0.15, 0.2) is 48.5 Å². The Kier molecular flexibility index (Phi) is 5.01. The third-order valence-electron chi connectivity index (χ3n) is 4.43. The van der Waals surface area contributed by atoms with Crippen molar-refractivity contribution in [2.75, 3.05) is 6.61 Å². The van der Waals surface area contributed by atoms with Crippen LogP contribution in [0, 0.1) is 10.1 Å². The molecular weight excluding hydrogens is 322 g/mol. The molecule has 0 aliphatic carbocycles. The van der Waals surface area contributed by atoms with Gasteiger partial charge >= 0.3 is 0 Å². The molecule has 132 valence electrons. The van der Waals surface area contributed by atoms with Crippen LogP contribution in [0.1, 0.15) is 30.9 Å². The number of hydrogen-bond acceptors (Lipinski definition) is 5. The molecule has 0 bridgehead atoms. The lowest BCUT2D eigenvalue weighted by Crippen LogP contribution is -2.37. The van der Waals surface area contributed by atoms with Crippen LogP contribution in [-0.4, -0.2) is 22.7 Å². The van der Waals surface area contributed by atoms with E-state index in [-0.39, 0.29) is 11.8 Å². The molecule has 3 rings (SSSR count). The van der Waals surface area contributed by atoms with Crippen molar-refractivity contribution in [2.24, 2.45) is 0 Å². The molecule has 25 heavy (non-hydrogen) atoms. The van der Waals surface area contributed by atoms with E-state index in [0.29, 0.717) is 37.4 Å². The number of ether oxygens (including phenoxy) is 2. The van der Waals surface area contributed by atoms with Gasteiger partial charge in [0, 0.05) is 18.9 Å². The number of nitrogens with zero attached hydrogens (tertiary/aromatic N) is 1. The van der Waals surface area contributed by atoms with E-state index < -0.39 is 10.5 Å². The maximum atomic E-state index is 11.3. The summed E-state index contributed by atoms with van der Waals surface area (Å²) in [6.07, 6.45) is 0.690. The van der Waals surface area contributed by atoms with Gasteiger partial charge < -0.3 is 14.6 Å². The Morgan fingerprint density at radius 3 is 2.76 bits per heavy atom. The van der Waals surface area contributed by atoms with Gasteiger partial charge in [-0.1, -0.05) is 30.3 Å². The molecule has 0 saturated carbocycles. The van der Waals surface area contributed by atoms with Crippen LogP contribution in [-0.2, 0) is 16.9 Å². The van der Waals surface area contributed by atoms with Gasteiger partial charge in [0.1, 0.15) is 12.4 Å². The molecule has 2 aromatic rings. The highest BCUT2D eigenvalue weighted by molar-refractivity contribution is 5.45. The standard InChI is InChI=1S/C19H21NO5/c1-14-12-19(21,7-8-24-14)16-9-17(20(22)23)11-18(10-16)25-13-15-5-3-2-4-6-15/h2-6,9-11,14,21H,7-8,12-13H2,1H3. The highest BCUT2D eigenvalue weighted by Crippen LogP contribution is 2.38. The van der Waals surface area contributed by atoms with Crippen molar-refractivity contribution in [3.8, 4) is 5.75 Å². The maximum absolute atomic E-state index is 11.3. The second kappa shape index (κ2) is 7.21. The summed E-state index contributed by atoms with van der Waals surface area (Å²) in [6, 6.07) is 14.1. The van der Waals surface area contributed by atoms with E-state index >= 15 is 0 Å². The minimum absolute atomic E-state index is 0.0897. The predicted molar refractivity (Wildman–Crippen MR) is 92.4 cm³/mol. The van der Waals surface area contributed by atoms with Crippen molar-refractivity contribution in [1.82, 2.24) is 0 Å². The minimum Gasteiger partial charge on any atom is -0.489 e. The summed E-state index contributed by atoms with van der Waals surface area (Å²) in [7, 11) is 0. The molecule has 1 fully saturated rings. The zero-order valence-corrected chi connectivity index (χ0v) is 14.1. The molecule has 6 nitrogen and oxygen atoms in total. The second-order valence-electron chi connectivity index (χ2n) is 6.41. The van der Waals surface area contributed by atoms with E-state index in [4.69, 9.17) is 9.47 Å². The van der Waals surface area contributed by atoms with E-state index in [0.717, 1.165) is 5.56 Å². The van der Waals surface area contributed by atoms with Crippen molar-refractivity contribution >= 4 is 5.69 Å². The first-order valence-electron chi connectivity index (χ1n) is 8.27. The molecule has 2 atom stereocenters. The predicted octanol–water partition coefficient (Wildman–Crippen LogP) is 3.56. The average molecular weight is 343 g/mol. The van der Waals surface area contributed by atoms with E-state index in [1.165, 1.54) is 12.1 Å². The monoisotopic (exact) mass is 343 g/mol. The quantitative estimate of drug-likeness (QED) is 0.663. The van der Waals surface area contributed by atoms with Crippen molar-refractivity contribution in [3.63, 3.8) is 0 Å². The molecule has 0 amide bonds. The normalized spacial score (nSPS) is 23.2. The summed E-state index contributed by atoms with van der Waals surface area (Å²) in [4.78, 5) is 10.8. The Balaban J connectivity index is 1.88. The van der Waals surface area contributed by atoms with Crippen molar-refractivity contribution < 1.29 is 19.5 Å². The molecule has 1 aliphatic rings. The summed E-state index contributed by atoms with van der Waals surface area (Å²) in [5, 5.41) is 22.2. The van der Waals surface area contributed by atoms with Crippen molar-refractivity contribution in [3.05, 3.63) is 69.8 Å². The van der Waals surface area contributed by atoms with Gasteiger partial charge in [-0.3, -0.25) is 10.1 Å². The number of nitro benzene ring substituents is 1. The molecule has 0 radical (unpaired) electrons. The molecule has 2 aromatic carbocycles. The zero-order chi connectivity index (χ0) is 17.9. The number of benzene rings is 2. The number of nitro groups is 1. The van der Waals surface area contributed by atoms with Crippen molar-refractivity contribution in [2.45, 2.75) is 38.1 Å². The fourth-order valence-electron chi connectivity index (χ4n) is 3.11. The third kappa shape index (κ3) is 4.15. The number of aliphatic hydroxyl groups is 1. The Bertz CT molecular complexity index is 749. The topological polar surface area (TPSA) is 81.8 Å². The van der Waals surface area contributed by atoms with Gasteiger partial charge in [-0.15, -0.1) is 0 Å². The van der Waals surface area contributed by atoms with Crippen LogP contribution < -0.4 is 4.74 Å². The Morgan fingerprint density at radius 1 is 1.32 bits per heavy atom. The summed E-state index contributed by atoms with van der Waals surface area (Å²) >= 11 is 0. The lowest BCUT2D eigenvalue weighted by molar-refractivity contribution is -0.385. The fraction of sp³-hybridized carbons (Fsp3) is 0.368. The van der Waals surface area contributed by atoms with Gasteiger partial charge in [0.2, 0.25) is 0 Å². The van der Waals surface area contributed by atoms with Gasteiger partial charge in [-0.25, -0.2) is 0 Å². The summed E-state index contributed by atoms with van der Waals surface area (Å²) < 4.78 is 11.2. The molecule has 6 heteroatoms. The smallest absolute Gasteiger partial charge is 0.273 e. The maximum Gasteiger partial charge on any atom is 0.273 e. The molecule has 0 aromatic heterocycles. The second-order valence-corrected chi connectivity index (χ2v) is 6.41. The van der Waals surface area contributed by atoms with E-state index in [2.05, 4.69) is 0 Å². The molecular formula is C19H21NO5. The number of hydrogen-bond donors (Lipinski definition) is 1. The van der Waals surface area contributed by atoms with E-state index in [1.54, 1.807) is 6.07 Å². The Morgan fingerprint density at radius 2 is 2.08 bits per heavy atom. The molecule has 1 saturated heterocycles. The van der Waals surface area contributed by atoms with Gasteiger partial charge in [-0.2, -0.15) is 0 Å². The van der Waals surface area contributed by atoms with Crippen LogP contribution in [0.3, 0.4) is 0 Å². The van der Waals surface area contributed by atoms with Gasteiger partial charge in [0.05, 0.1) is 29.3 Å². The molecule has 1 heterocycles. The number of rotatable bonds is 5. The summed E-state index contributed by atoms with van der Waals surface area (Å²) in [5.74, 6) is 0.376.